The Labute approximate surface area is 92.1 Å². The summed E-state index contributed by atoms with van der Waals surface area (Å²) in [5.74, 6) is 0.873. The van der Waals surface area contributed by atoms with Crippen LogP contribution in [-0.4, -0.2) is 11.5 Å². The van der Waals surface area contributed by atoms with Gasteiger partial charge in [-0.25, -0.2) is 0 Å². The van der Waals surface area contributed by atoms with Crippen molar-refractivity contribution in [2.45, 2.75) is 39.0 Å². The summed E-state index contributed by atoms with van der Waals surface area (Å²) in [5.41, 5.74) is 2.30. The van der Waals surface area contributed by atoms with Gasteiger partial charge in [-0.2, -0.15) is 0 Å². The Bertz CT molecular complexity index is 303. The molecule has 0 saturated heterocycles. The summed E-state index contributed by atoms with van der Waals surface area (Å²) in [5, 5.41) is 3.52. The summed E-state index contributed by atoms with van der Waals surface area (Å²) in [6, 6.07) is 4.11. The van der Waals surface area contributed by atoms with Gasteiger partial charge >= 0.3 is 0 Å². The van der Waals surface area contributed by atoms with Crippen LogP contribution in [-0.2, 0) is 0 Å². The van der Waals surface area contributed by atoms with Gasteiger partial charge < -0.3 is 5.32 Å². The van der Waals surface area contributed by atoms with Crippen molar-refractivity contribution in [3.05, 3.63) is 24.0 Å². The van der Waals surface area contributed by atoms with Crippen LogP contribution in [0.5, 0.6) is 0 Å². The molecule has 2 rings (SSSR count). The van der Waals surface area contributed by atoms with E-state index in [2.05, 4.69) is 23.3 Å². The summed E-state index contributed by atoms with van der Waals surface area (Å²) >= 11 is 0. The average molecular weight is 204 g/mol. The summed E-state index contributed by atoms with van der Waals surface area (Å²) in [4.78, 5) is 4.28. The predicted octanol–water partition coefficient (Wildman–Crippen LogP) is 3.38. The van der Waals surface area contributed by atoms with Gasteiger partial charge in [0.2, 0.25) is 0 Å². The maximum atomic E-state index is 4.28. The third kappa shape index (κ3) is 2.95. The van der Waals surface area contributed by atoms with E-state index in [1.807, 2.05) is 12.3 Å². The Morgan fingerprint density at radius 3 is 2.87 bits per heavy atom. The highest BCUT2D eigenvalue weighted by Gasteiger charge is 2.12. The smallest absolute Gasteiger partial charge is 0.0603 e. The number of anilines is 1. The summed E-state index contributed by atoms with van der Waals surface area (Å²) in [6.07, 6.45) is 8.90. The first-order valence-electron chi connectivity index (χ1n) is 6.02. The van der Waals surface area contributed by atoms with Crippen LogP contribution in [0.15, 0.2) is 18.3 Å². The number of hydrogen-bond donors (Lipinski definition) is 1. The van der Waals surface area contributed by atoms with Crippen LogP contribution in [0.3, 0.4) is 0 Å². The van der Waals surface area contributed by atoms with Gasteiger partial charge in [0.25, 0.3) is 0 Å². The SMILES string of the molecule is Cc1ncccc1NCC1CCCCC1. The van der Waals surface area contributed by atoms with Gasteiger partial charge in [-0.1, -0.05) is 19.3 Å². The summed E-state index contributed by atoms with van der Waals surface area (Å²) in [7, 11) is 0. The van der Waals surface area contributed by atoms with E-state index in [0.29, 0.717) is 0 Å². The number of nitrogens with zero attached hydrogens (tertiary/aromatic N) is 1. The molecular formula is C13H20N2. The van der Waals surface area contributed by atoms with Crippen molar-refractivity contribution < 1.29 is 0 Å². The lowest BCUT2D eigenvalue weighted by Crippen LogP contribution is -2.17. The highest BCUT2D eigenvalue weighted by atomic mass is 14.9. The fourth-order valence-corrected chi connectivity index (χ4v) is 2.32. The van der Waals surface area contributed by atoms with Crippen LogP contribution in [0, 0.1) is 12.8 Å². The number of rotatable bonds is 3. The second-order valence-electron chi connectivity index (χ2n) is 4.52. The first-order chi connectivity index (χ1) is 7.36. The predicted molar refractivity (Wildman–Crippen MR) is 64.0 cm³/mol. The first kappa shape index (κ1) is 10.5. The Morgan fingerprint density at radius 2 is 2.13 bits per heavy atom. The molecule has 82 valence electrons. The molecule has 2 nitrogen and oxygen atoms in total. The number of aryl methyl sites for hydroxylation is 1. The van der Waals surface area contributed by atoms with Gasteiger partial charge in [0, 0.05) is 12.7 Å². The molecule has 0 unspecified atom stereocenters. The minimum Gasteiger partial charge on any atom is -0.383 e. The van der Waals surface area contributed by atoms with Crippen molar-refractivity contribution in [3.8, 4) is 0 Å². The lowest BCUT2D eigenvalue weighted by atomic mass is 9.89. The van der Waals surface area contributed by atoms with Crippen molar-refractivity contribution in [2.24, 2.45) is 5.92 Å². The van der Waals surface area contributed by atoms with Crippen LogP contribution in [0.1, 0.15) is 37.8 Å². The van der Waals surface area contributed by atoms with Gasteiger partial charge in [0.15, 0.2) is 0 Å². The Morgan fingerprint density at radius 1 is 1.33 bits per heavy atom. The van der Waals surface area contributed by atoms with Crippen LogP contribution < -0.4 is 5.32 Å². The molecule has 1 fully saturated rings. The number of aromatic nitrogens is 1. The molecule has 0 atom stereocenters. The fraction of sp³-hybridized carbons (Fsp3) is 0.615. The molecule has 0 bridgehead atoms. The molecule has 1 heterocycles. The molecule has 1 aromatic rings. The molecule has 0 radical (unpaired) electrons. The summed E-state index contributed by atoms with van der Waals surface area (Å²) in [6.45, 7) is 3.18. The van der Waals surface area contributed by atoms with E-state index in [1.165, 1.54) is 37.8 Å². The Kier molecular flexibility index (Phi) is 3.59. The molecule has 2 heteroatoms. The van der Waals surface area contributed by atoms with Gasteiger partial charge in [-0.3, -0.25) is 4.98 Å². The maximum Gasteiger partial charge on any atom is 0.0603 e. The van der Waals surface area contributed by atoms with E-state index in [1.54, 1.807) is 0 Å². The van der Waals surface area contributed by atoms with Crippen LogP contribution in [0.2, 0.25) is 0 Å². The second-order valence-corrected chi connectivity index (χ2v) is 4.52. The van der Waals surface area contributed by atoms with E-state index in [0.717, 1.165) is 18.2 Å². The van der Waals surface area contributed by atoms with Gasteiger partial charge in [0.1, 0.15) is 0 Å². The zero-order chi connectivity index (χ0) is 10.5. The highest BCUT2D eigenvalue weighted by molar-refractivity contribution is 5.46. The van der Waals surface area contributed by atoms with Crippen LogP contribution >= 0.6 is 0 Å². The average Bonchev–Trinajstić information content (AvgIpc) is 2.29. The summed E-state index contributed by atoms with van der Waals surface area (Å²) < 4.78 is 0. The van der Waals surface area contributed by atoms with E-state index in [4.69, 9.17) is 0 Å². The van der Waals surface area contributed by atoms with E-state index in [9.17, 15) is 0 Å². The third-order valence-electron chi connectivity index (χ3n) is 3.31. The van der Waals surface area contributed by atoms with Crippen molar-refractivity contribution >= 4 is 5.69 Å². The monoisotopic (exact) mass is 204 g/mol. The van der Waals surface area contributed by atoms with Gasteiger partial charge in [-0.05, 0) is 37.8 Å². The van der Waals surface area contributed by atoms with Crippen molar-refractivity contribution in [1.29, 1.82) is 0 Å². The molecule has 1 N–H and O–H groups in total. The minimum absolute atomic E-state index is 0.873. The first-order valence-corrected chi connectivity index (χ1v) is 6.02. The Balaban J connectivity index is 1.84. The zero-order valence-electron chi connectivity index (χ0n) is 9.50. The maximum absolute atomic E-state index is 4.28. The molecule has 1 aromatic heterocycles. The fourth-order valence-electron chi connectivity index (χ4n) is 2.32. The molecule has 1 aliphatic carbocycles. The Hall–Kier alpha value is -1.05. The lowest BCUT2D eigenvalue weighted by molar-refractivity contribution is 0.373. The van der Waals surface area contributed by atoms with E-state index >= 15 is 0 Å². The molecule has 0 spiro atoms. The van der Waals surface area contributed by atoms with Gasteiger partial charge in [0.05, 0.1) is 11.4 Å². The molecule has 0 aromatic carbocycles. The molecule has 1 saturated carbocycles. The van der Waals surface area contributed by atoms with Crippen molar-refractivity contribution in [1.82, 2.24) is 4.98 Å². The quantitative estimate of drug-likeness (QED) is 0.816. The number of pyridine rings is 1. The third-order valence-corrected chi connectivity index (χ3v) is 3.31. The van der Waals surface area contributed by atoms with Crippen LogP contribution in [0.25, 0.3) is 0 Å². The van der Waals surface area contributed by atoms with Crippen molar-refractivity contribution in [2.75, 3.05) is 11.9 Å². The molecule has 0 amide bonds. The normalized spacial score (nSPS) is 17.7. The molecule has 1 aliphatic rings. The highest BCUT2D eigenvalue weighted by Crippen LogP contribution is 2.24. The number of nitrogens with one attached hydrogen (secondary N) is 1. The largest absolute Gasteiger partial charge is 0.383 e. The zero-order valence-corrected chi connectivity index (χ0v) is 9.50. The molecule has 0 aliphatic heterocycles. The second kappa shape index (κ2) is 5.15. The van der Waals surface area contributed by atoms with Gasteiger partial charge in [-0.15, -0.1) is 0 Å². The standard InChI is InChI=1S/C13H20N2/c1-11-13(8-5-9-14-11)15-10-12-6-3-2-4-7-12/h5,8-9,12,15H,2-4,6-7,10H2,1H3. The molecular weight excluding hydrogens is 184 g/mol. The topological polar surface area (TPSA) is 24.9 Å². The van der Waals surface area contributed by atoms with E-state index < -0.39 is 0 Å². The molecule has 15 heavy (non-hydrogen) atoms. The number of hydrogen-bond acceptors (Lipinski definition) is 2. The lowest BCUT2D eigenvalue weighted by Gasteiger charge is -2.22. The minimum atomic E-state index is 0.873. The van der Waals surface area contributed by atoms with Crippen molar-refractivity contribution in [3.63, 3.8) is 0 Å². The van der Waals surface area contributed by atoms with Crippen LogP contribution in [0.4, 0.5) is 5.69 Å². The van der Waals surface area contributed by atoms with E-state index in [-0.39, 0.29) is 0 Å².